The number of aliphatic carboxylic acids is 1. The summed E-state index contributed by atoms with van der Waals surface area (Å²) < 4.78 is 52.6. The van der Waals surface area contributed by atoms with E-state index < -0.39 is 46.7 Å². The predicted octanol–water partition coefficient (Wildman–Crippen LogP) is 2.55. The van der Waals surface area contributed by atoms with E-state index in [1.165, 1.54) is 0 Å². The number of rotatable bonds is 4. The molecule has 0 aromatic heterocycles. The van der Waals surface area contributed by atoms with E-state index in [4.69, 9.17) is 5.11 Å². The SMILES string of the molecule is Cc1c(F)ccc(C=NN=C2NC(=O)C(CC(=O)O)S2)c1C(F)(F)F. The number of alkyl halides is 3. The van der Waals surface area contributed by atoms with Crippen molar-refractivity contribution in [2.45, 2.75) is 24.8 Å². The Morgan fingerprint density at radius 2 is 2.12 bits per heavy atom. The van der Waals surface area contributed by atoms with E-state index >= 15 is 0 Å². The minimum Gasteiger partial charge on any atom is -0.481 e. The van der Waals surface area contributed by atoms with Gasteiger partial charge in [-0.25, -0.2) is 4.39 Å². The lowest BCUT2D eigenvalue weighted by Gasteiger charge is -2.13. The highest BCUT2D eigenvalue weighted by Gasteiger charge is 2.36. The topological polar surface area (TPSA) is 91.1 Å². The van der Waals surface area contributed by atoms with Crippen LogP contribution in [0.15, 0.2) is 22.3 Å². The second kappa shape index (κ2) is 7.21. The second-order valence-corrected chi connectivity index (χ2v) is 6.17. The molecule has 1 saturated heterocycles. The molecule has 1 amide bonds. The first-order valence-electron chi connectivity index (χ1n) is 6.76. The zero-order valence-corrected chi connectivity index (χ0v) is 13.4. The molecule has 25 heavy (non-hydrogen) atoms. The lowest BCUT2D eigenvalue weighted by Crippen LogP contribution is -2.26. The van der Waals surface area contributed by atoms with Gasteiger partial charge >= 0.3 is 12.1 Å². The zero-order valence-electron chi connectivity index (χ0n) is 12.6. The second-order valence-electron chi connectivity index (χ2n) is 4.98. The maximum absolute atomic E-state index is 13.4. The van der Waals surface area contributed by atoms with Crippen molar-refractivity contribution in [1.29, 1.82) is 0 Å². The van der Waals surface area contributed by atoms with Crippen LogP contribution in [0.2, 0.25) is 0 Å². The molecule has 1 fully saturated rings. The Balaban J connectivity index is 2.22. The van der Waals surface area contributed by atoms with Crippen molar-refractivity contribution in [1.82, 2.24) is 5.32 Å². The largest absolute Gasteiger partial charge is 0.481 e. The van der Waals surface area contributed by atoms with E-state index in [-0.39, 0.29) is 10.7 Å². The van der Waals surface area contributed by atoms with Crippen LogP contribution in [0.5, 0.6) is 0 Å². The molecule has 1 unspecified atom stereocenters. The summed E-state index contributed by atoms with van der Waals surface area (Å²) in [6, 6.07) is 1.80. The highest BCUT2D eigenvalue weighted by atomic mass is 32.2. The van der Waals surface area contributed by atoms with Crippen LogP contribution in [0.3, 0.4) is 0 Å². The van der Waals surface area contributed by atoms with E-state index in [0.717, 1.165) is 37.0 Å². The molecular formula is C14H11F4N3O3S. The standard InChI is InChI=1S/C14H11F4N3O3S/c1-6-8(15)3-2-7(11(6)14(16,17)18)5-19-21-13-20-12(24)9(25-13)4-10(22)23/h2-3,5,9H,4H2,1H3,(H,22,23)(H,20,21,24). The number of nitrogens with zero attached hydrogens (tertiary/aromatic N) is 2. The fourth-order valence-corrected chi connectivity index (χ4v) is 2.99. The van der Waals surface area contributed by atoms with Crippen molar-refractivity contribution >= 4 is 35.0 Å². The zero-order chi connectivity index (χ0) is 18.8. The quantitative estimate of drug-likeness (QED) is 0.479. The summed E-state index contributed by atoms with van der Waals surface area (Å²) in [5.74, 6) is -2.74. The van der Waals surface area contributed by atoms with Gasteiger partial charge in [0.25, 0.3) is 0 Å². The van der Waals surface area contributed by atoms with Crippen molar-refractivity contribution in [2.24, 2.45) is 10.2 Å². The molecule has 0 aliphatic carbocycles. The molecule has 1 heterocycles. The highest BCUT2D eigenvalue weighted by Crippen LogP contribution is 2.35. The third-order valence-electron chi connectivity index (χ3n) is 3.20. The van der Waals surface area contributed by atoms with Crippen LogP contribution < -0.4 is 5.32 Å². The number of benzene rings is 1. The van der Waals surface area contributed by atoms with Crippen molar-refractivity contribution in [3.8, 4) is 0 Å². The van der Waals surface area contributed by atoms with Crippen molar-refractivity contribution in [3.05, 3.63) is 34.6 Å². The fraction of sp³-hybridized carbons (Fsp3) is 0.286. The number of carboxylic acids is 1. The van der Waals surface area contributed by atoms with Crippen LogP contribution in [-0.2, 0) is 15.8 Å². The van der Waals surface area contributed by atoms with Gasteiger partial charge in [0, 0.05) is 5.56 Å². The number of amides is 1. The number of carbonyl (C=O) groups is 2. The summed E-state index contributed by atoms with van der Waals surface area (Å²) in [5.41, 5.74) is -2.11. The Bertz CT molecular complexity index is 777. The summed E-state index contributed by atoms with van der Waals surface area (Å²) in [4.78, 5) is 22.1. The molecule has 2 N–H and O–H groups in total. The third kappa shape index (κ3) is 4.56. The van der Waals surface area contributed by atoms with Crippen molar-refractivity contribution < 1.29 is 32.3 Å². The summed E-state index contributed by atoms with van der Waals surface area (Å²) in [6.07, 6.45) is -4.41. The minimum atomic E-state index is -4.77. The predicted molar refractivity (Wildman–Crippen MR) is 82.9 cm³/mol. The molecule has 1 aliphatic heterocycles. The molecule has 0 radical (unpaired) electrons. The number of nitrogens with one attached hydrogen (secondary N) is 1. The normalized spacial score (nSPS) is 19.6. The van der Waals surface area contributed by atoms with Gasteiger partial charge in [-0.2, -0.15) is 18.3 Å². The number of hydrogen-bond donors (Lipinski definition) is 2. The van der Waals surface area contributed by atoms with E-state index in [2.05, 4.69) is 15.5 Å². The van der Waals surface area contributed by atoms with Gasteiger partial charge in [-0.1, -0.05) is 11.8 Å². The maximum atomic E-state index is 13.4. The van der Waals surface area contributed by atoms with Gasteiger partial charge in [-0.3, -0.25) is 9.59 Å². The Morgan fingerprint density at radius 1 is 1.44 bits per heavy atom. The molecule has 0 spiro atoms. The summed E-state index contributed by atoms with van der Waals surface area (Å²) in [7, 11) is 0. The van der Waals surface area contributed by atoms with Crippen LogP contribution in [-0.4, -0.2) is 33.6 Å². The first-order valence-corrected chi connectivity index (χ1v) is 7.64. The molecule has 1 aliphatic rings. The van der Waals surface area contributed by atoms with Gasteiger partial charge < -0.3 is 10.4 Å². The van der Waals surface area contributed by atoms with Crippen LogP contribution in [0.4, 0.5) is 17.6 Å². The number of carboxylic acid groups (broad SMARTS) is 1. The Hall–Kier alpha value is -2.43. The Kier molecular flexibility index (Phi) is 5.45. The number of hydrogen-bond acceptors (Lipinski definition) is 5. The van der Waals surface area contributed by atoms with Crippen LogP contribution >= 0.6 is 11.8 Å². The van der Waals surface area contributed by atoms with E-state index in [1.807, 2.05) is 0 Å². The summed E-state index contributed by atoms with van der Waals surface area (Å²) >= 11 is 0.810. The first kappa shape index (κ1) is 18.9. The highest BCUT2D eigenvalue weighted by molar-refractivity contribution is 8.15. The lowest BCUT2D eigenvalue weighted by molar-refractivity contribution is -0.139. The van der Waals surface area contributed by atoms with Crippen molar-refractivity contribution in [2.75, 3.05) is 0 Å². The first-order chi connectivity index (χ1) is 11.6. The molecule has 6 nitrogen and oxygen atoms in total. The van der Waals surface area contributed by atoms with Crippen molar-refractivity contribution in [3.63, 3.8) is 0 Å². The molecule has 1 aromatic rings. The van der Waals surface area contributed by atoms with Gasteiger partial charge in [-0.15, -0.1) is 5.10 Å². The van der Waals surface area contributed by atoms with Gasteiger partial charge in [0.15, 0.2) is 5.17 Å². The summed E-state index contributed by atoms with van der Waals surface area (Å²) in [5, 5.41) is 17.1. The van der Waals surface area contributed by atoms with Crippen LogP contribution in [0, 0.1) is 12.7 Å². The average molecular weight is 377 g/mol. The maximum Gasteiger partial charge on any atom is 0.417 e. The molecule has 1 atom stereocenters. The van der Waals surface area contributed by atoms with Crippen LogP contribution in [0.1, 0.15) is 23.1 Å². The van der Waals surface area contributed by atoms with Gasteiger partial charge in [0.2, 0.25) is 5.91 Å². The van der Waals surface area contributed by atoms with Gasteiger partial charge in [0.1, 0.15) is 11.1 Å². The van der Waals surface area contributed by atoms with Gasteiger partial charge in [-0.05, 0) is 24.6 Å². The smallest absolute Gasteiger partial charge is 0.417 e. The molecule has 1 aromatic carbocycles. The molecular weight excluding hydrogens is 366 g/mol. The number of amidine groups is 1. The Morgan fingerprint density at radius 3 is 2.72 bits per heavy atom. The van der Waals surface area contributed by atoms with E-state index in [0.29, 0.717) is 0 Å². The molecule has 11 heteroatoms. The molecule has 0 bridgehead atoms. The average Bonchev–Trinajstić information content (AvgIpc) is 2.81. The fourth-order valence-electron chi connectivity index (χ4n) is 2.08. The Labute approximate surface area is 143 Å². The number of halogens is 4. The molecule has 2 rings (SSSR count). The third-order valence-corrected chi connectivity index (χ3v) is 4.27. The molecule has 0 saturated carbocycles. The lowest BCUT2D eigenvalue weighted by atomic mass is 10.0. The number of carbonyl (C=O) groups excluding carboxylic acids is 1. The van der Waals surface area contributed by atoms with E-state index in [9.17, 15) is 27.2 Å². The van der Waals surface area contributed by atoms with Crippen LogP contribution in [0.25, 0.3) is 0 Å². The monoisotopic (exact) mass is 377 g/mol. The summed E-state index contributed by atoms with van der Waals surface area (Å²) in [6.45, 7) is 1.00. The molecule has 134 valence electrons. The minimum absolute atomic E-state index is 0.0279. The number of thioether (sulfide) groups is 1. The van der Waals surface area contributed by atoms with Gasteiger partial charge in [0.05, 0.1) is 18.2 Å². The van der Waals surface area contributed by atoms with E-state index in [1.54, 1.807) is 0 Å².